The quantitative estimate of drug-likeness (QED) is 0.683. The smallest absolute Gasteiger partial charge is 0.257 e. The number of benzene rings is 1. The lowest BCUT2D eigenvalue weighted by Gasteiger charge is -2.37. The number of Topliss-reactive ketones (excluding diaryl/α,β-unsaturated/α-hetero) is 1. The lowest BCUT2D eigenvalue weighted by Crippen LogP contribution is -2.47. The Morgan fingerprint density at radius 1 is 1.28 bits per heavy atom. The highest BCUT2D eigenvalue weighted by molar-refractivity contribution is 5.94. The predicted molar refractivity (Wildman–Crippen MR) is 98.6 cm³/mol. The van der Waals surface area contributed by atoms with Gasteiger partial charge < -0.3 is 20.1 Å². The van der Waals surface area contributed by atoms with E-state index in [0.29, 0.717) is 24.5 Å². The van der Waals surface area contributed by atoms with Crippen LogP contribution in [0.25, 0.3) is 0 Å². The highest BCUT2D eigenvalue weighted by Gasteiger charge is 2.32. The van der Waals surface area contributed by atoms with Gasteiger partial charge in [0.25, 0.3) is 5.91 Å². The number of carbonyl (C=O) groups excluding carboxylic acids is 2. The van der Waals surface area contributed by atoms with Gasteiger partial charge in [-0.2, -0.15) is 0 Å². The normalized spacial score (nSPS) is 15.8. The van der Waals surface area contributed by atoms with Crippen LogP contribution in [-0.4, -0.2) is 51.6 Å². The summed E-state index contributed by atoms with van der Waals surface area (Å²) in [5.41, 5.74) is 0.561. The number of nitrogens with one attached hydrogen (secondary N) is 2. The van der Waals surface area contributed by atoms with Crippen LogP contribution in [-0.2, 0) is 9.53 Å². The third kappa shape index (κ3) is 6.65. The summed E-state index contributed by atoms with van der Waals surface area (Å²) in [6.45, 7) is 4.53. The van der Waals surface area contributed by atoms with Gasteiger partial charge in [-0.1, -0.05) is 12.1 Å². The van der Waals surface area contributed by atoms with E-state index in [1.165, 1.54) is 6.92 Å². The fourth-order valence-electron chi connectivity index (χ4n) is 2.93. The minimum Gasteiger partial charge on any atom is -0.484 e. The zero-order valence-electron chi connectivity index (χ0n) is 14.8. The van der Waals surface area contributed by atoms with Crippen LogP contribution >= 0.6 is 12.4 Å². The Bertz CT molecular complexity index is 568. The lowest BCUT2D eigenvalue weighted by molar-refractivity contribution is -0.124. The summed E-state index contributed by atoms with van der Waals surface area (Å²) in [6.07, 6.45) is 1.95. The molecule has 1 aromatic carbocycles. The number of ketones is 1. The standard InChI is InChI=1S/C18H26N2O4.ClH/c1-14(21)15-4-3-5-16(10-15)24-11-17(22)20-12-18(13-23-2)6-8-19-9-7-18;/h3-5,10,19H,6-9,11-13H2,1-2H3,(H,20,22);1H. The molecule has 1 fully saturated rings. The Hall–Kier alpha value is -1.63. The van der Waals surface area contributed by atoms with E-state index in [1.807, 2.05) is 0 Å². The van der Waals surface area contributed by atoms with Gasteiger partial charge in [0, 0.05) is 24.6 Å². The second kappa shape index (κ2) is 10.4. The van der Waals surface area contributed by atoms with E-state index in [-0.39, 0.29) is 36.1 Å². The molecule has 25 heavy (non-hydrogen) atoms. The van der Waals surface area contributed by atoms with Gasteiger partial charge in [0.15, 0.2) is 12.4 Å². The Morgan fingerprint density at radius 3 is 2.64 bits per heavy atom. The van der Waals surface area contributed by atoms with Crippen molar-refractivity contribution in [1.29, 1.82) is 0 Å². The number of hydrogen-bond acceptors (Lipinski definition) is 5. The molecule has 1 saturated heterocycles. The third-order valence-electron chi connectivity index (χ3n) is 4.39. The van der Waals surface area contributed by atoms with Crippen LogP contribution in [0.1, 0.15) is 30.1 Å². The van der Waals surface area contributed by atoms with E-state index in [4.69, 9.17) is 9.47 Å². The number of hydrogen-bond donors (Lipinski definition) is 2. The van der Waals surface area contributed by atoms with Crippen molar-refractivity contribution in [3.8, 4) is 5.75 Å². The van der Waals surface area contributed by atoms with Crippen molar-refractivity contribution >= 4 is 24.1 Å². The molecule has 0 aliphatic carbocycles. The second-order valence-corrected chi connectivity index (χ2v) is 6.33. The van der Waals surface area contributed by atoms with E-state index < -0.39 is 0 Å². The van der Waals surface area contributed by atoms with Gasteiger partial charge in [-0.3, -0.25) is 9.59 Å². The maximum atomic E-state index is 12.1. The summed E-state index contributed by atoms with van der Waals surface area (Å²) in [4.78, 5) is 23.4. The molecule has 0 bridgehead atoms. The van der Waals surface area contributed by atoms with E-state index in [2.05, 4.69) is 10.6 Å². The molecule has 2 rings (SSSR count). The number of rotatable bonds is 8. The average Bonchev–Trinajstić information content (AvgIpc) is 2.59. The molecule has 6 nitrogen and oxygen atoms in total. The molecule has 0 unspecified atom stereocenters. The van der Waals surface area contributed by atoms with Crippen LogP contribution in [0.15, 0.2) is 24.3 Å². The fourth-order valence-corrected chi connectivity index (χ4v) is 2.93. The molecule has 0 aromatic heterocycles. The number of ether oxygens (including phenoxy) is 2. The van der Waals surface area contributed by atoms with E-state index in [0.717, 1.165) is 25.9 Å². The van der Waals surface area contributed by atoms with Crippen molar-refractivity contribution < 1.29 is 19.1 Å². The maximum Gasteiger partial charge on any atom is 0.257 e. The van der Waals surface area contributed by atoms with Crippen LogP contribution in [0, 0.1) is 5.41 Å². The number of carbonyl (C=O) groups is 2. The Morgan fingerprint density at radius 2 is 2.00 bits per heavy atom. The molecule has 1 aliphatic rings. The average molecular weight is 371 g/mol. The summed E-state index contributed by atoms with van der Waals surface area (Å²) >= 11 is 0. The zero-order chi connectivity index (χ0) is 17.4. The van der Waals surface area contributed by atoms with Crippen molar-refractivity contribution in [3.63, 3.8) is 0 Å². The first-order chi connectivity index (χ1) is 11.5. The van der Waals surface area contributed by atoms with Crippen molar-refractivity contribution in [2.45, 2.75) is 19.8 Å². The SMILES string of the molecule is COCC1(CNC(=O)COc2cccc(C(C)=O)c2)CCNCC1.Cl. The Kier molecular flexibility index (Phi) is 8.89. The minimum absolute atomic E-state index is 0. The molecule has 1 aliphatic heterocycles. The lowest BCUT2D eigenvalue weighted by atomic mass is 9.79. The minimum atomic E-state index is -0.169. The highest BCUT2D eigenvalue weighted by atomic mass is 35.5. The molecule has 2 N–H and O–H groups in total. The van der Waals surface area contributed by atoms with Crippen molar-refractivity contribution in [2.24, 2.45) is 5.41 Å². The van der Waals surface area contributed by atoms with E-state index in [1.54, 1.807) is 31.4 Å². The van der Waals surface area contributed by atoms with Crippen LogP contribution in [0.4, 0.5) is 0 Å². The maximum absolute atomic E-state index is 12.1. The van der Waals surface area contributed by atoms with Gasteiger partial charge in [0.05, 0.1) is 6.61 Å². The highest BCUT2D eigenvalue weighted by Crippen LogP contribution is 2.28. The van der Waals surface area contributed by atoms with Crippen molar-refractivity contribution in [1.82, 2.24) is 10.6 Å². The van der Waals surface area contributed by atoms with Gasteiger partial charge in [-0.25, -0.2) is 0 Å². The zero-order valence-corrected chi connectivity index (χ0v) is 15.6. The number of methoxy groups -OCH3 is 1. The molecule has 1 heterocycles. The van der Waals surface area contributed by atoms with Gasteiger partial charge in [-0.15, -0.1) is 12.4 Å². The topological polar surface area (TPSA) is 76.7 Å². The third-order valence-corrected chi connectivity index (χ3v) is 4.39. The van der Waals surface area contributed by atoms with Crippen LogP contribution < -0.4 is 15.4 Å². The first-order valence-electron chi connectivity index (χ1n) is 8.25. The molecule has 140 valence electrons. The van der Waals surface area contributed by atoms with Crippen molar-refractivity contribution in [3.05, 3.63) is 29.8 Å². The number of amides is 1. The van der Waals surface area contributed by atoms with E-state index in [9.17, 15) is 9.59 Å². The van der Waals surface area contributed by atoms with Crippen LogP contribution in [0.5, 0.6) is 5.75 Å². The fraction of sp³-hybridized carbons (Fsp3) is 0.556. The molecule has 1 amide bonds. The van der Waals surface area contributed by atoms with Gasteiger partial charge in [0.1, 0.15) is 5.75 Å². The van der Waals surface area contributed by atoms with Crippen LogP contribution in [0.3, 0.4) is 0 Å². The summed E-state index contributed by atoms with van der Waals surface area (Å²) in [5.74, 6) is 0.320. The first-order valence-corrected chi connectivity index (χ1v) is 8.25. The Balaban J connectivity index is 0.00000312. The summed E-state index contributed by atoms with van der Waals surface area (Å²) < 4.78 is 10.8. The predicted octanol–water partition coefficient (Wildman–Crippen LogP) is 1.82. The van der Waals surface area contributed by atoms with Gasteiger partial charge in [-0.05, 0) is 45.0 Å². The molecule has 1 aromatic rings. The largest absolute Gasteiger partial charge is 0.484 e. The van der Waals surface area contributed by atoms with Crippen molar-refractivity contribution in [2.75, 3.05) is 40.0 Å². The Labute approximate surface area is 155 Å². The first kappa shape index (κ1) is 21.4. The van der Waals surface area contributed by atoms with Gasteiger partial charge in [0.2, 0.25) is 0 Å². The van der Waals surface area contributed by atoms with Crippen LogP contribution in [0.2, 0.25) is 0 Å². The monoisotopic (exact) mass is 370 g/mol. The molecular formula is C18H27ClN2O4. The number of halogens is 1. The number of piperidine rings is 1. The second-order valence-electron chi connectivity index (χ2n) is 6.33. The molecule has 0 atom stereocenters. The molecular weight excluding hydrogens is 344 g/mol. The van der Waals surface area contributed by atoms with E-state index >= 15 is 0 Å². The molecule has 7 heteroatoms. The molecule has 0 spiro atoms. The summed E-state index contributed by atoms with van der Waals surface area (Å²) in [6, 6.07) is 6.85. The molecule has 0 radical (unpaired) electrons. The van der Waals surface area contributed by atoms with Gasteiger partial charge >= 0.3 is 0 Å². The molecule has 0 saturated carbocycles. The summed E-state index contributed by atoms with van der Waals surface area (Å²) in [5, 5.41) is 6.27. The summed E-state index contributed by atoms with van der Waals surface area (Å²) in [7, 11) is 1.69.